The molecule has 6 nitrogen and oxygen atoms in total. The molecule has 0 aliphatic heterocycles. The van der Waals surface area contributed by atoms with Gasteiger partial charge in [0.15, 0.2) is 6.61 Å². The van der Waals surface area contributed by atoms with E-state index in [4.69, 9.17) is 20.8 Å². The third kappa shape index (κ3) is 4.11. The molecular weight excluding hydrogens is 330 g/mol. The summed E-state index contributed by atoms with van der Waals surface area (Å²) in [5.74, 6) is 1.26. The number of anilines is 1. The van der Waals surface area contributed by atoms with Crippen molar-refractivity contribution in [3.8, 4) is 17.2 Å². The molecule has 0 aliphatic carbocycles. The Bertz CT molecular complexity index is 829. The largest absolute Gasteiger partial charge is 0.484 e. The topological polar surface area (TPSA) is 77.2 Å². The third-order valence-electron chi connectivity index (χ3n) is 3.13. The molecule has 0 saturated carbocycles. The number of nitrogens with one attached hydrogen (secondary N) is 1. The van der Waals surface area contributed by atoms with Gasteiger partial charge in [-0.3, -0.25) is 4.79 Å². The lowest BCUT2D eigenvalue weighted by Gasteiger charge is -2.08. The smallest absolute Gasteiger partial charge is 0.262 e. The van der Waals surface area contributed by atoms with Crippen LogP contribution in [0.1, 0.15) is 5.89 Å². The average Bonchev–Trinajstić information content (AvgIpc) is 3.01. The second-order valence-electron chi connectivity index (χ2n) is 4.99. The van der Waals surface area contributed by atoms with Gasteiger partial charge in [0, 0.05) is 23.2 Å². The van der Waals surface area contributed by atoms with Gasteiger partial charge in [0.1, 0.15) is 5.75 Å². The Hall–Kier alpha value is -2.86. The summed E-state index contributed by atoms with van der Waals surface area (Å²) in [6, 6.07) is 13.9. The molecule has 0 spiro atoms. The number of hydrogen-bond acceptors (Lipinski definition) is 5. The zero-order chi connectivity index (χ0) is 16.9. The van der Waals surface area contributed by atoms with E-state index < -0.39 is 0 Å². The molecule has 1 amide bonds. The van der Waals surface area contributed by atoms with Gasteiger partial charge >= 0.3 is 0 Å². The maximum absolute atomic E-state index is 11.9. The molecule has 1 N–H and O–H groups in total. The van der Waals surface area contributed by atoms with Crippen LogP contribution in [0, 0.1) is 6.92 Å². The van der Waals surface area contributed by atoms with Crippen LogP contribution in [-0.4, -0.2) is 22.7 Å². The van der Waals surface area contributed by atoms with Gasteiger partial charge < -0.3 is 14.5 Å². The van der Waals surface area contributed by atoms with Crippen molar-refractivity contribution in [1.29, 1.82) is 0 Å². The molecule has 0 aliphatic rings. The van der Waals surface area contributed by atoms with E-state index >= 15 is 0 Å². The van der Waals surface area contributed by atoms with Crippen molar-refractivity contribution in [2.75, 3.05) is 11.9 Å². The normalized spacial score (nSPS) is 10.4. The lowest BCUT2D eigenvalue weighted by molar-refractivity contribution is -0.118. The molecule has 0 fully saturated rings. The lowest BCUT2D eigenvalue weighted by Crippen LogP contribution is -2.20. The number of carbonyl (C=O) groups excluding carboxylic acids is 1. The van der Waals surface area contributed by atoms with Crippen LogP contribution < -0.4 is 10.1 Å². The van der Waals surface area contributed by atoms with Gasteiger partial charge in [-0.1, -0.05) is 11.6 Å². The monoisotopic (exact) mass is 343 g/mol. The van der Waals surface area contributed by atoms with E-state index in [1.807, 2.05) is 0 Å². The molecule has 1 heterocycles. The van der Waals surface area contributed by atoms with Crippen molar-refractivity contribution < 1.29 is 13.9 Å². The van der Waals surface area contributed by atoms with Gasteiger partial charge in [0.2, 0.25) is 11.8 Å². The van der Waals surface area contributed by atoms with Gasteiger partial charge in [-0.05, 0) is 48.5 Å². The Morgan fingerprint density at radius 2 is 1.83 bits per heavy atom. The Balaban J connectivity index is 1.55. The zero-order valence-corrected chi connectivity index (χ0v) is 13.6. The van der Waals surface area contributed by atoms with Gasteiger partial charge in [-0.25, -0.2) is 0 Å². The molecule has 2 aromatic carbocycles. The zero-order valence-electron chi connectivity index (χ0n) is 12.8. The number of rotatable bonds is 5. The van der Waals surface area contributed by atoms with E-state index in [0.29, 0.717) is 28.2 Å². The molecule has 0 atom stereocenters. The molecule has 0 bridgehead atoms. The molecule has 0 unspecified atom stereocenters. The van der Waals surface area contributed by atoms with Gasteiger partial charge in [0.25, 0.3) is 5.91 Å². The Labute approximate surface area is 143 Å². The molecule has 122 valence electrons. The van der Waals surface area contributed by atoms with Crippen molar-refractivity contribution in [2.24, 2.45) is 0 Å². The standard InChI is InChI=1S/C17H14ClN3O3/c1-11-20-21-17(24-11)12-2-6-14(7-3-12)19-16(22)10-23-15-8-4-13(18)5-9-15/h2-9H,10H2,1H3,(H,19,22). The quantitative estimate of drug-likeness (QED) is 0.764. The average molecular weight is 344 g/mol. The number of benzene rings is 2. The van der Waals surface area contributed by atoms with E-state index in [-0.39, 0.29) is 12.5 Å². The highest BCUT2D eigenvalue weighted by molar-refractivity contribution is 6.30. The first-order chi connectivity index (χ1) is 11.6. The van der Waals surface area contributed by atoms with Crippen LogP contribution in [0.4, 0.5) is 5.69 Å². The van der Waals surface area contributed by atoms with Crippen molar-refractivity contribution in [2.45, 2.75) is 6.92 Å². The van der Waals surface area contributed by atoms with Crippen LogP contribution in [0.15, 0.2) is 52.9 Å². The van der Waals surface area contributed by atoms with Crippen molar-refractivity contribution in [3.63, 3.8) is 0 Å². The molecule has 3 rings (SSSR count). The van der Waals surface area contributed by atoms with Crippen LogP contribution in [0.2, 0.25) is 5.02 Å². The molecule has 0 saturated heterocycles. The van der Waals surface area contributed by atoms with Crippen LogP contribution in [0.3, 0.4) is 0 Å². The maximum atomic E-state index is 11.9. The lowest BCUT2D eigenvalue weighted by atomic mass is 10.2. The Kier molecular flexibility index (Phi) is 4.77. The molecule has 0 radical (unpaired) electrons. The fraction of sp³-hybridized carbons (Fsp3) is 0.118. The summed E-state index contributed by atoms with van der Waals surface area (Å²) in [6.07, 6.45) is 0. The fourth-order valence-corrected chi connectivity index (χ4v) is 2.11. The number of hydrogen-bond donors (Lipinski definition) is 1. The van der Waals surface area contributed by atoms with E-state index in [1.54, 1.807) is 55.5 Å². The minimum Gasteiger partial charge on any atom is -0.484 e. The van der Waals surface area contributed by atoms with Gasteiger partial charge in [-0.2, -0.15) is 0 Å². The fourth-order valence-electron chi connectivity index (χ4n) is 1.99. The van der Waals surface area contributed by atoms with Gasteiger partial charge in [0.05, 0.1) is 0 Å². The van der Waals surface area contributed by atoms with E-state index in [2.05, 4.69) is 15.5 Å². The van der Waals surface area contributed by atoms with Crippen molar-refractivity contribution >= 4 is 23.2 Å². The van der Waals surface area contributed by atoms with Crippen molar-refractivity contribution in [3.05, 3.63) is 59.4 Å². The Morgan fingerprint density at radius 1 is 1.12 bits per heavy atom. The number of nitrogens with zero attached hydrogens (tertiary/aromatic N) is 2. The molecule has 1 aromatic heterocycles. The van der Waals surface area contributed by atoms with E-state index in [1.165, 1.54) is 0 Å². The number of ether oxygens (including phenoxy) is 1. The minimum atomic E-state index is -0.258. The predicted octanol–water partition coefficient (Wildman–Crippen LogP) is 3.72. The van der Waals surface area contributed by atoms with Crippen LogP contribution in [-0.2, 0) is 4.79 Å². The summed E-state index contributed by atoms with van der Waals surface area (Å²) < 4.78 is 10.7. The summed E-state index contributed by atoms with van der Waals surface area (Å²) >= 11 is 5.79. The number of carbonyl (C=O) groups is 1. The van der Waals surface area contributed by atoms with E-state index in [9.17, 15) is 4.79 Å². The summed E-state index contributed by atoms with van der Waals surface area (Å²) in [4.78, 5) is 11.9. The Morgan fingerprint density at radius 3 is 2.46 bits per heavy atom. The predicted molar refractivity (Wildman–Crippen MR) is 90.0 cm³/mol. The first kappa shape index (κ1) is 16.0. The van der Waals surface area contributed by atoms with Crippen LogP contribution in [0.5, 0.6) is 5.75 Å². The van der Waals surface area contributed by atoms with Crippen molar-refractivity contribution in [1.82, 2.24) is 10.2 Å². The van der Waals surface area contributed by atoms with Crippen LogP contribution in [0.25, 0.3) is 11.5 Å². The highest BCUT2D eigenvalue weighted by Crippen LogP contribution is 2.20. The number of halogens is 1. The SMILES string of the molecule is Cc1nnc(-c2ccc(NC(=O)COc3ccc(Cl)cc3)cc2)o1. The first-order valence-corrected chi connectivity index (χ1v) is 7.57. The first-order valence-electron chi connectivity index (χ1n) is 7.19. The summed E-state index contributed by atoms with van der Waals surface area (Å²) in [7, 11) is 0. The molecule has 7 heteroatoms. The molecule has 24 heavy (non-hydrogen) atoms. The summed E-state index contributed by atoms with van der Waals surface area (Å²) in [6.45, 7) is 1.64. The number of aromatic nitrogens is 2. The third-order valence-corrected chi connectivity index (χ3v) is 3.38. The molecular formula is C17H14ClN3O3. The summed E-state index contributed by atoms with van der Waals surface area (Å²) in [5.41, 5.74) is 1.44. The highest BCUT2D eigenvalue weighted by atomic mass is 35.5. The highest BCUT2D eigenvalue weighted by Gasteiger charge is 2.07. The van der Waals surface area contributed by atoms with E-state index in [0.717, 1.165) is 5.56 Å². The number of aryl methyl sites for hydroxylation is 1. The minimum absolute atomic E-state index is 0.0910. The van der Waals surface area contributed by atoms with Crippen LogP contribution >= 0.6 is 11.6 Å². The summed E-state index contributed by atoms with van der Waals surface area (Å²) in [5, 5.41) is 11.1. The van der Waals surface area contributed by atoms with Gasteiger partial charge in [-0.15, -0.1) is 10.2 Å². The number of amides is 1. The second kappa shape index (κ2) is 7.14. The second-order valence-corrected chi connectivity index (χ2v) is 5.43. The molecule has 3 aromatic rings. The maximum Gasteiger partial charge on any atom is 0.262 e.